The molecule has 0 spiro atoms. The van der Waals surface area contributed by atoms with Crippen molar-refractivity contribution in [2.24, 2.45) is 5.41 Å². The van der Waals surface area contributed by atoms with Gasteiger partial charge in [0.25, 0.3) is 0 Å². The first-order valence-corrected chi connectivity index (χ1v) is 6.60. The molecule has 5 heteroatoms. The van der Waals surface area contributed by atoms with Gasteiger partial charge in [-0.1, -0.05) is 26.8 Å². The summed E-state index contributed by atoms with van der Waals surface area (Å²) in [5.74, 6) is 0. The molecule has 0 amide bonds. The number of nitro groups is 1. The highest BCUT2D eigenvalue weighted by Crippen LogP contribution is 2.33. The molecule has 0 heterocycles. The van der Waals surface area contributed by atoms with E-state index >= 15 is 0 Å². The topological polar surface area (TPSA) is 67.2 Å². The molecule has 2 N–H and O–H groups in total. The molecule has 0 radical (unpaired) electrons. The van der Waals surface area contributed by atoms with Gasteiger partial charge in [-0.3, -0.25) is 10.1 Å². The third-order valence-electron chi connectivity index (χ3n) is 2.78. The quantitative estimate of drug-likeness (QED) is 0.605. The van der Waals surface area contributed by atoms with Crippen molar-refractivity contribution < 1.29 is 4.92 Å². The standard InChI is InChI=1S/C14H23N3O2/c1-5-15-11-7-6-8-12(13(11)17(18)19)16-10-9-14(2,3)4/h6-8,15-16H,5,9-10H2,1-4H3. The number of anilines is 2. The van der Waals surface area contributed by atoms with Gasteiger partial charge >= 0.3 is 5.69 Å². The number of hydrogen-bond donors (Lipinski definition) is 2. The Kier molecular flexibility index (Phi) is 5.15. The molecule has 0 saturated carbocycles. The van der Waals surface area contributed by atoms with Crippen LogP contribution in [0.15, 0.2) is 18.2 Å². The van der Waals surface area contributed by atoms with Gasteiger partial charge in [-0.15, -0.1) is 0 Å². The van der Waals surface area contributed by atoms with Gasteiger partial charge in [-0.25, -0.2) is 0 Å². The van der Waals surface area contributed by atoms with E-state index < -0.39 is 0 Å². The summed E-state index contributed by atoms with van der Waals surface area (Å²) in [5.41, 5.74) is 1.47. The van der Waals surface area contributed by atoms with E-state index in [1.54, 1.807) is 12.1 Å². The minimum atomic E-state index is -0.336. The van der Waals surface area contributed by atoms with Crippen molar-refractivity contribution in [3.8, 4) is 0 Å². The number of rotatable bonds is 6. The molecule has 5 nitrogen and oxygen atoms in total. The van der Waals surface area contributed by atoms with Crippen molar-refractivity contribution in [3.63, 3.8) is 0 Å². The summed E-state index contributed by atoms with van der Waals surface area (Å²) in [6.45, 7) is 9.75. The highest BCUT2D eigenvalue weighted by atomic mass is 16.6. The molecule has 0 saturated heterocycles. The first kappa shape index (κ1) is 15.3. The molecule has 0 atom stereocenters. The summed E-state index contributed by atoms with van der Waals surface area (Å²) in [6.07, 6.45) is 0.954. The van der Waals surface area contributed by atoms with E-state index in [-0.39, 0.29) is 16.0 Å². The summed E-state index contributed by atoms with van der Waals surface area (Å²) < 4.78 is 0. The Morgan fingerprint density at radius 2 is 1.79 bits per heavy atom. The van der Waals surface area contributed by atoms with Crippen LogP contribution in [0.2, 0.25) is 0 Å². The SMILES string of the molecule is CCNc1cccc(NCCC(C)(C)C)c1[N+](=O)[O-]. The van der Waals surface area contributed by atoms with Gasteiger partial charge in [0.1, 0.15) is 11.4 Å². The molecular formula is C14H23N3O2. The van der Waals surface area contributed by atoms with Crippen LogP contribution in [-0.2, 0) is 0 Å². The Bertz CT molecular complexity index is 439. The smallest absolute Gasteiger partial charge is 0.315 e. The first-order chi connectivity index (χ1) is 8.85. The van der Waals surface area contributed by atoms with Gasteiger partial charge in [0.05, 0.1) is 4.92 Å². The number of nitrogens with zero attached hydrogens (tertiary/aromatic N) is 1. The summed E-state index contributed by atoms with van der Waals surface area (Å²) in [6, 6.07) is 5.31. The van der Waals surface area contributed by atoms with Crippen LogP contribution in [0.25, 0.3) is 0 Å². The van der Waals surface area contributed by atoms with Crippen molar-refractivity contribution >= 4 is 17.1 Å². The largest absolute Gasteiger partial charge is 0.380 e. The predicted molar refractivity (Wildman–Crippen MR) is 79.8 cm³/mol. The third-order valence-corrected chi connectivity index (χ3v) is 2.78. The Balaban J connectivity index is 2.87. The van der Waals surface area contributed by atoms with Crippen molar-refractivity contribution in [2.75, 3.05) is 23.7 Å². The second-order valence-corrected chi connectivity index (χ2v) is 5.73. The van der Waals surface area contributed by atoms with Gasteiger partial charge in [-0.2, -0.15) is 0 Å². The zero-order valence-electron chi connectivity index (χ0n) is 12.1. The van der Waals surface area contributed by atoms with Crippen LogP contribution in [0.1, 0.15) is 34.1 Å². The molecule has 1 aromatic carbocycles. The molecule has 0 fully saturated rings. The van der Waals surface area contributed by atoms with Crippen LogP contribution in [0.5, 0.6) is 0 Å². The second-order valence-electron chi connectivity index (χ2n) is 5.73. The van der Waals surface area contributed by atoms with Crippen LogP contribution in [-0.4, -0.2) is 18.0 Å². The molecule has 1 aromatic rings. The van der Waals surface area contributed by atoms with Crippen LogP contribution in [0.4, 0.5) is 17.1 Å². The van der Waals surface area contributed by atoms with Crippen molar-refractivity contribution in [1.82, 2.24) is 0 Å². The van der Waals surface area contributed by atoms with Gasteiger partial charge in [0, 0.05) is 13.1 Å². The summed E-state index contributed by atoms with van der Waals surface area (Å²) >= 11 is 0. The zero-order chi connectivity index (χ0) is 14.5. The number of para-hydroxylation sites is 1. The lowest BCUT2D eigenvalue weighted by Crippen LogP contribution is -2.14. The van der Waals surface area contributed by atoms with E-state index in [0.29, 0.717) is 17.9 Å². The van der Waals surface area contributed by atoms with Crippen LogP contribution in [0, 0.1) is 15.5 Å². The van der Waals surface area contributed by atoms with Gasteiger partial charge in [0.2, 0.25) is 0 Å². The van der Waals surface area contributed by atoms with Crippen molar-refractivity contribution in [3.05, 3.63) is 28.3 Å². The number of hydrogen-bond acceptors (Lipinski definition) is 4. The zero-order valence-corrected chi connectivity index (χ0v) is 12.1. The Morgan fingerprint density at radius 3 is 2.26 bits per heavy atom. The van der Waals surface area contributed by atoms with E-state index in [4.69, 9.17) is 0 Å². The first-order valence-electron chi connectivity index (χ1n) is 6.60. The van der Waals surface area contributed by atoms with Gasteiger partial charge in [-0.05, 0) is 30.9 Å². The van der Waals surface area contributed by atoms with Crippen LogP contribution in [0.3, 0.4) is 0 Å². The summed E-state index contributed by atoms with van der Waals surface area (Å²) in [4.78, 5) is 10.9. The van der Waals surface area contributed by atoms with E-state index in [9.17, 15) is 10.1 Å². The lowest BCUT2D eigenvalue weighted by atomic mass is 9.92. The minimum absolute atomic E-state index is 0.123. The molecule has 1 rings (SSSR count). The maximum atomic E-state index is 11.2. The average Bonchev–Trinajstić information content (AvgIpc) is 2.27. The van der Waals surface area contributed by atoms with Crippen molar-refractivity contribution in [1.29, 1.82) is 0 Å². The lowest BCUT2D eigenvalue weighted by molar-refractivity contribution is -0.383. The molecule has 0 aliphatic rings. The number of nitro benzene ring substituents is 1. The van der Waals surface area contributed by atoms with Crippen molar-refractivity contribution in [2.45, 2.75) is 34.1 Å². The second kappa shape index (κ2) is 6.41. The van der Waals surface area contributed by atoms with E-state index in [0.717, 1.165) is 13.0 Å². The normalized spacial score (nSPS) is 11.2. The van der Waals surface area contributed by atoms with Crippen LogP contribution < -0.4 is 10.6 Å². The highest BCUT2D eigenvalue weighted by Gasteiger charge is 2.19. The average molecular weight is 265 g/mol. The fourth-order valence-electron chi connectivity index (χ4n) is 1.79. The molecular weight excluding hydrogens is 242 g/mol. The number of benzene rings is 1. The molecule has 0 aliphatic carbocycles. The maximum Gasteiger partial charge on any atom is 0.315 e. The lowest BCUT2D eigenvalue weighted by Gasteiger charge is -2.18. The van der Waals surface area contributed by atoms with E-state index in [1.165, 1.54) is 0 Å². The van der Waals surface area contributed by atoms with Gasteiger partial charge < -0.3 is 10.6 Å². The Hall–Kier alpha value is -1.78. The molecule has 106 valence electrons. The Labute approximate surface area is 114 Å². The summed E-state index contributed by atoms with van der Waals surface area (Å²) in [5, 5.41) is 17.4. The predicted octanol–water partition coefficient (Wildman–Crippen LogP) is 3.87. The molecule has 0 unspecified atom stereocenters. The molecule has 0 aliphatic heterocycles. The van der Waals surface area contributed by atoms with E-state index in [1.807, 2.05) is 13.0 Å². The minimum Gasteiger partial charge on any atom is -0.380 e. The van der Waals surface area contributed by atoms with Crippen LogP contribution >= 0.6 is 0 Å². The third kappa shape index (κ3) is 4.77. The van der Waals surface area contributed by atoms with Gasteiger partial charge in [0.15, 0.2) is 0 Å². The van der Waals surface area contributed by atoms with E-state index in [2.05, 4.69) is 31.4 Å². The fraction of sp³-hybridized carbons (Fsp3) is 0.571. The highest BCUT2D eigenvalue weighted by molar-refractivity contribution is 5.76. The molecule has 0 bridgehead atoms. The monoisotopic (exact) mass is 265 g/mol. The summed E-state index contributed by atoms with van der Waals surface area (Å²) in [7, 11) is 0. The fourth-order valence-corrected chi connectivity index (χ4v) is 1.79. The maximum absolute atomic E-state index is 11.2. The molecule has 19 heavy (non-hydrogen) atoms. The molecule has 0 aromatic heterocycles. The number of nitrogens with one attached hydrogen (secondary N) is 2. The Morgan fingerprint density at radius 1 is 1.21 bits per heavy atom.